The molecule has 3 heterocycles. The summed E-state index contributed by atoms with van der Waals surface area (Å²) in [6.45, 7) is 9.41. The molecule has 114 valence electrons. The number of ether oxygens (including phenoxy) is 1. The highest BCUT2D eigenvalue weighted by Crippen LogP contribution is 2.26. The van der Waals surface area contributed by atoms with Gasteiger partial charge >= 0.3 is 0 Å². The van der Waals surface area contributed by atoms with Gasteiger partial charge in [-0.3, -0.25) is 0 Å². The molecule has 1 aliphatic rings. The third kappa shape index (κ3) is 3.18. The molecule has 1 N–H and O–H groups in total. The zero-order valence-corrected chi connectivity index (χ0v) is 13.1. The van der Waals surface area contributed by atoms with Gasteiger partial charge in [0.1, 0.15) is 5.52 Å². The van der Waals surface area contributed by atoms with E-state index >= 15 is 0 Å². The van der Waals surface area contributed by atoms with E-state index in [-0.39, 0.29) is 5.41 Å². The molecule has 1 fully saturated rings. The summed E-state index contributed by atoms with van der Waals surface area (Å²) in [6, 6.07) is 2.09. The monoisotopic (exact) mass is 288 g/mol. The molecule has 0 unspecified atom stereocenters. The molecule has 0 atom stereocenters. The van der Waals surface area contributed by atoms with Gasteiger partial charge in [0.25, 0.3) is 0 Å². The third-order valence-corrected chi connectivity index (χ3v) is 4.04. The van der Waals surface area contributed by atoms with Crippen molar-refractivity contribution in [1.29, 1.82) is 0 Å². The average molecular weight is 288 g/mol. The zero-order chi connectivity index (χ0) is 14.9. The highest BCUT2D eigenvalue weighted by Gasteiger charge is 2.20. The molecule has 5 heteroatoms. The average Bonchev–Trinajstić information content (AvgIpc) is 2.91. The first-order valence-corrected chi connectivity index (χ1v) is 7.72. The molecule has 0 saturated carbocycles. The molecular weight excluding hydrogens is 264 g/mol. The predicted octanol–water partition coefficient (Wildman–Crippen LogP) is 2.41. The Labute approximate surface area is 125 Å². The Morgan fingerprint density at radius 2 is 2.10 bits per heavy atom. The van der Waals surface area contributed by atoms with Crippen LogP contribution in [0.2, 0.25) is 0 Å². The van der Waals surface area contributed by atoms with Crippen molar-refractivity contribution in [2.75, 3.05) is 19.7 Å². The van der Waals surface area contributed by atoms with E-state index in [4.69, 9.17) is 4.74 Å². The second-order valence-electron chi connectivity index (χ2n) is 6.85. The number of rotatable bonds is 3. The minimum Gasteiger partial charge on any atom is -0.476 e. The minimum absolute atomic E-state index is 0.0261. The van der Waals surface area contributed by atoms with Crippen molar-refractivity contribution in [3.63, 3.8) is 0 Å². The van der Waals surface area contributed by atoms with E-state index in [0.29, 0.717) is 11.8 Å². The maximum Gasteiger partial charge on any atom is 0.240 e. The van der Waals surface area contributed by atoms with Crippen LogP contribution in [0, 0.1) is 5.92 Å². The number of aromatic nitrogens is 3. The fraction of sp³-hybridized carbons (Fsp3) is 0.625. The number of nitrogens with zero attached hydrogens (tertiary/aromatic N) is 3. The Bertz CT molecular complexity index is 608. The van der Waals surface area contributed by atoms with Crippen LogP contribution in [0.3, 0.4) is 0 Å². The molecule has 21 heavy (non-hydrogen) atoms. The molecule has 0 spiro atoms. The van der Waals surface area contributed by atoms with Gasteiger partial charge in [0.05, 0.1) is 12.3 Å². The molecule has 2 aromatic rings. The van der Waals surface area contributed by atoms with E-state index in [0.717, 1.165) is 30.9 Å². The highest BCUT2D eigenvalue weighted by atomic mass is 16.5. The SMILES string of the molecule is CC(C)(C)c1cc2c(OCC3CCNCC3)nccn2n1. The lowest BCUT2D eigenvalue weighted by Gasteiger charge is -2.22. The van der Waals surface area contributed by atoms with Crippen LogP contribution in [0.5, 0.6) is 5.88 Å². The van der Waals surface area contributed by atoms with Crippen LogP contribution >= 0.6 is 0 Å². The summed E-state index contributed by atoms with van der Waals surface area (Å²) in [5.74, 6) is 1.32. The molecule has 1 aliphatic heterocycles. The van der Waals surface area contributed by atoms with Gasteiger partial charge in [0.15, 0.2) is 0 Å². The molecule has 0 bridgehead atoms. The Morgan fingerprint density at radius 1 is 1.33 bits per heavy atom. The van der Waals surface area contributed by atoms with E-state index in [1.807, 2.05) is 10.7 Å². The molecule has 0 radical (unpaired) electrons. The van der Waals surface area contributed by atoms with Gasteiger partial charge in [0.2, 0.25) is 5.88 Å². The van der Waals surface area contributed by atoms with Gasteiger partial charge in [-0.15, -0.1) is 0 Å². The van der Waals surface area contributed by atoms with Crippen LogP contribution in [0.25, 0.3) is 5.52 Å². The summed E-state index contributed by atoms with van der Waals surface area (Å²) >= 11 is 0. The molecular formula is C16H24N4O. The molecule has 0 aliphatic carbocycles. The van der Waals surface area contributed by atoms with Crippen molar-refractivity contribution in [3.8, 4) is 5.88 Å². The van der Waals surface area contributed by atoms with Crippen molar-refractivity contribution in [2.24, 2.45) is 5.92 Å². The van der Waals surface area contributed by atoms with Gasteiger partial charge < -0.3 is 10.1 Å². The van der Waals surface area contributed by atoms with Crippen LogP contribution in [0.4, 0.5) is 0 Å². The third-order valence-electron chi connectivity index (χ3n) is 4.04. The number of piperidine rings is 1. The largest absolute Gasteiger partial charge is 0.476 e. The second kappa shape index (κ2) is 5.64. The molecule has 1 saturated heterocycles. The molecule has 3 rings (SSSR count). The summed E-state index contributed by atoms with van der Waals surface area (Å²) in [6.07, 6.45) is 5.98. The Morgan fingerprint density at radius 3 is 2.81 bits per heavy atom. The van der Waals surface area contributed by atoms with Crippen molar-refractivity contribution >= 4 is 5.52 Å². The summed E-state index contributed by atoms with van der Waals surface area (Å²) in [5, 5.41) is 8.00. The van der Waals surface area contributed by atoms with Gasteiger partial charge in [0, 0.05) is 17.8 Å². The van der Waals surface area contributed by atoms with E-state index in [2.05, 4.69) is 42.2 Å². The lowest BCUT2D eigenvalue weighted by molar-refractivity contribution is 0.210. The standard InChI is InChI=1S/C16H24N4O/c1-16(2,3)14-10-13-15(18-8-9-20(13)19-14)21-11-12-4-6-17-7-5-12/h8-10,12,17H,4-7,11H2,1-3H3. The fourth-order valence-corrected chi connectivity index (χ4v) is 2.62. The van der Waals surface area contributed by atoms with Gasteiger partial charge in [-0.1, -0.05) is 20.8 Å². The Balaban J connectivity index is 1.79. The van der Waals surface area contributed by atoms with Crippen molar-refractivity contribution in [3.05, 3.63) is 24.2 Å². The van der Waals surface area contributed by atoms with Crippen LogP contribution in [0.15, 0.2) is 18.5 Å². The lowest BCUT2D eigenvalue weighted by atomic mass is 9.92. The van der Waals surface area contributed by atoms with E-state index in [9.17, 15) is 0 Å². The highest BCUT2D eigenvalue weighted by molar-refractivity contribution is 5.57. The van der Waals surface area contributed by atoms with Gasteiger partial charge in [-0.2, -0.15) is 5.10 Å². The summed E-state index contributed by atoms with van der Waals surface area (Å²) in [4.78, 5) is 4.39. The van der Waals surface area contributed by atoms with Gasteiger partial charge in [-0.05, 0) is 37.9 Å². The Hall–Kier alpha value is -1.62. The van der Waals surface area contributed by atoms with E-state index in [1.165, 1.54) is 12.8 Å². The number of nitrogens with one attached hydrogen (secondary N) is 1. The summed E-state index contributed by atoms with van der Waals surface area (Å²) in [7, 11) is 0. The molecule has 5 nitrogen and oxygen atoms in total. The normalized spacial score (nSPS) is 17.3. The fourth-order valence-electron chi connectivity index (χ4n) is 2.62. The van der Waals surface area contributed by atoms with Crippen molar-refractivity contribution in [1.82, 2.24) is 19.9 Å². The smallest absolute Gasteiger partial charge is 0.240 e. The summed E-state index contributed by atoms with van der Waals surface area (Å²) < 4.78 is 7.85. The quantitative estimate of drug-likeness (QED) is 0.942. The van der Waals surface area contributed by atoms with E-state index < -0.39 is 0 Å². The van der Waals surface area contributed by atoms with E-state index in [1.54, 1.807) is 6.20 Å². The Kier molecular flexibility index (Phi) is 3.85. The molecule has 0 aromatic carbocycles. The van der Waals surface area contributed by atoms with Crippen LogP contribution in [-0.4, -0.2) is 34.3 Å². The van der Waals surface area contributed by atoms with Crippen LogP contribution < -0.4 is 10.1 Å². The van der Waals surface area contributed by atoms with Crippen LogP contribution in [0.1, 0.15) is 39.3 Å². The van der Waals surface area contributed by atoms with Crippen LogP contribution in [-0.2, 0) is 5.41 Å². The minimum atomic E-state index is 0.0261. The molecule has 2 aromatic heterocycles. The maximum atomic E-state index is 5.99. The van der Waals surface area contributed by atoms with Crippen molar-refractivity contribution < 1.29 is 4.74 Å². The zero-order valence-electron chi connectivity index (χ0n) is 13.1. The maximum absolute atomic E-state index is 5.99. The second-order valence-corrected chi connectivity index (χ2v) is 6.85. The predicted molar refractivity (Wildman–Crippen MR) is 82.8 cm³/mol. The van der Waals surface area contributed by atoms with Crippen molar-refractivity contribution in [2.45, 2.75) is 39.0 Å². The number of fused-ring (bicyclic) bond motifs is 1. The molecule has 0 amide bonds. The van der Waals surface area contributed by atoms with Gasteiger partial charge in [-0.25, -0.2) is 9.50 Å². The number of hydrogen-bond donors (Lipinski definition) is 1. The first kappa shape index (κ1) is 14.3. The first-order valence-electron chi connectivity index (χ1n) is 7.72. The lowest BCUT2D eigenvalue weighted by Crippen LogP contribution is -2.30. The summed E-state index contributed by atoms with van der Waals surface area (Å²) in [5.41, 5.74) is 2.04. The first-order chi connectivity index (χ1) is 10.0. The number of hydrogen-bond acceptors (Lipinski definition) is 4. The topological polar surface area (TPSA) is 51.5 Å².